The van der Waals surface area contributed by atoms with Gasteiger partial charge in [0.2, 0.25) is 0 Å². The van der Waals surface area contributed by atoms with Crippen LogP contribution >= 0.6 is 23.4 Å². The molecule has 1 heterocycles. The summed E-state index contributed by atoms with van der Waals surface area (Å²) in [6.07, 6.45) is 0. The van der Waals surface area contributed by atoms with E-state index in [1.807, 2.05) is 30.0 Å². The quantitative estimate of drug-likeness (QED) is 0.822. The maximum atomic E-state index is 5.96. The molecule has 4 heteroatoms. The number of halogens is 1. The molecule has 1 saturated heterocycles. The maximum Gasteiger partial charge on any atom is 0.132 e. The van der Waals surface area contributed by atoms with E-state index in [1.165, 1.54) is 0 Å². The number of hydrogen-bond donors (Lipinski definition) is 1. The van der Waals surface area contributed by atoms with Gasteiger partial charge in [-0.15, -0.1) is 11.8 Å². The lowest BCUT2D eigenvalue weighted by Gasteiger charge is -2.26. The van der Waals surface area contributed by atoms with E-state index in [0.717, 1.165) is 40.4 Å². The Hall–Kier alpha value is -0.380. The molecule has 2 nitrogen and oxygen atoms in total. The van der Waals surface area contributed by atoms with E-state index in [0.29, 0.717) is 0 Å². The number of methoxy groups -OCH3 is 1. The first-order chi connectivity index (χ1) is 7.29. The van der Waals surface area contributed by atoms with E-state index in [4.69, 9.17) is 16.3 Å². The SMILES string of the molecule is COc1ccc(Cl)cc1SCC1CNC1. The molecule has 0 radical (unpaired) electrons. The molecule has 0 atom stereocenters. The molecule has 0 unspecified atom stereocenters. The van der Waals surface area contributed by atoms with E-state index in [1.54, 1.807) is 7.11 Å². The van der Waals surface area contributed by atoms with Crippen molar-refractivity contribution in [3.8, 4) is 5.75 Å². The zero-order chi connectivity index (χ0) is 10.7. The van der Waals surface area contributed by atoms with Crippen molar-refractivity contribution in [2.24, 2.45) is 5.92 Å². The van der Waals surface area contributed by atoms with E-state index >= 15 is 0 Å². The minimum Gasteiger partial charge on any atom is -0.496 e. The van der Waals surface area contributed by atoms with Gasteiger partial charge in [0.1, 0.15) is 5.75 Å². The van der Waals surface area contributed by atoms with Crippen LogP contribution in [0.2, 0.25) is 5.02 Å². The van der Waals surface area contributed by atoms with Crippen LogP contribution in [-0.4, -0.2) is 26.0 Å². The molecule has 1 aromatic carbocycles. The zero-order valence-corrected chi connectivity index (χ0v) is 10.2. The fraction of sp³-hybridized carbons (Fsp3) is 0.455. The molecule has 0 saturated carbocycles. The summed E-state index contributed by atoms with van der Waals surface area (Å²) >= 11 is 7.78. The number of ether oxygens (including phenoxy) is 1. The molecule has 1 N–H and O–H groups in total. The highest BCUT2D eigenvalue weighted by atomic mass is 35.5. The molecular weight excluding hydrogens is 230 g/mol. The second kappa shape index (κ2) is 5.10. The van der Waals surface area contributed by atoms with Crippen molar-refractivity contribution in [1.29, 1.82) is 0 Å². The smallest absolute Gasteiger partial charge is 0.132 e. The summed E-state index contributed by atoms with van der Waals surface area (Å²) < 4.78 is 5.29. The Bertz CT molecular complexity index is 341. The Morgan fingerprint density at radius 1 is 1.53 bits per heavy atom. The molecule has 1 aliphatic heterocycles. The van der Waals surface area contributed by atoms with Gasteiger partial charge >= 0.3 is 0 Å². The minimum atomic E-state index is 0.769. The lowest BCUT2D eigenvalue weighted by molar-refractivity contribution is 0.384. The summed E-state index contributed by atoms with van der Waals surface area (Å²) in [4.78, 5) is 1.14. The summed E-state index contributed by atoms with van der Waals surface area (Å²) in [6, 6.07) is 5.75. The predicted molar refractivity (Wildman–Crippen MR) is 65.1 cm³/mol. The second-order valence-corrected chi connectivity index (χ2v) is 5.13. The van der Waals surface area contributed by atoms with Gasteiger partial charge in [0, 0.05) is 10.8 Å². The highest BCUT2D eigenvalue weighted by Crippen LogP contribution is 2.33. The summed E-state index contributed by atoms with van der Waals surface area (Å²) in [5.41, 5.74) is 0. The highest BCUT2D eigenvalue weighted by molar-refractivity contribution is 7.99. The van der Waals surface area contributed by atoms with Crippen LogP contribution in [0.4, 0.5) is 0 Å². The van der Waals surface area contributed by atoms with Gasteiger partial charge in [-0.25, -0.2) is 0 Å². The molecule has 1 aromatic rings. The fourth-order valence-electron chi connectivity index (χ4n) is 1.44. The standard InChI is InChI=1S/C11H14ClNOS/c1-14-10-3-2-9(12)4-11(10)15-7-8-5-13-6-8/h2-4,8,13H,5-7H2,1H3. The van der Waals surface area contributed by atoms with Gasteiger partial charge in [-0.1, -0.05) is 11.6 Å². The van der Waals surface area contributed by atoms with Crippen LogP contribution in [0.1, 0.15) is 0 Å². The summed E-state index contributed by atoms with van der Waals surface area (Å²) in [6.45, 7) is 2.27. The van der Waals surface area contributed by atoms with Crippen LogP contribution in [0.15, 0.2) is 23.1 Å². The van der Waals surface area contributed by atoms with E-state index in [9.17, 15) is 0 Å². The average molecular weight is 244 g/mol. The van der Waals surface area contributed by atoms with Gasteiger partial charge in [0.05, 0.1) is 12.0 Å². The Morgan fingerprint density at radius 3 is 2.93 bits per heavy atom. The first-order valence-corrected chi connectivity index (χ1v) is 6.33. The number of benzene rings is 1. The van der Waals surface area contributed by atoms with Gasteiger partial charge in [0.15, 0.2) is 0 Å². The highest BCUT2D eigenvalue weighted by Gasteiger charge is 2.17. The van der Waals surface area contributed by atoms with Crippen LogP contribution in [0, 0.1) is 5.92 Å². The third-order valence-corrected chi connectivity index (χ3v) is 3.97. The molecule has 82 valence electrons. The number of hydrogen-bond acceptors (Lipinski definition) is 3. The summed E-state index contributed by atoms with van der Waals surface area (Å²) in [5.74, 6) is 2.83. The molecular formula is C11H14ClNOS. The second-order valence-electron chi connectivity index (χ2n) is 3.63. The molecule has 0 amide bonds. The Balaban J connectivity index is 2.00. The summed E-state index contributed by atoms with van der Waals surface area (Å²) in [5, 5.41) is 4.04. The number of thioether (sulfide) groups is 1. The van der Waals surface area contributed by atoms with Gasteiger partial charge in [0.25, 0.3) is 0 Å². The van der Waals surface area contributed by atoms with Gasteiger partial charge in [-0.05, 0) is 37.2 Å². The van der Waals surface area contributed by atoms with Crippen LogP contribution in [0.25, 0.3) is 0 Å². The Labute approximate surface area is 99.3 Å². The number of nitrogens with one attached hydrogen (secondary N) is 1. The molecule has 0 bridgehead atoms. The van der Waals surface area contributed by atoms with Crippen LogP contribution in [0.5, 0.6) is 5.75 Å². The van der Waals surface area contributed by atoms with Crippen molar-refractivity contribution < 1.29 is 4.74 Å². The monoisotopic (exact) mass is 243 g/mol. The zero-order valence-electron chi connectivity index (χ0n) is 8.63. The number of rotatable bonds is 4. The van der Waals surface area contributed by atoms with Gasteiger partial charge in [-0.2, -0.15) is 0 Å². The van der Waals surface area contributed by atoms with Crippen LogP contribution in [-0.2, 0) is 0 Å². The molecule has 1 fully saturated rings. The fourth-order valence-corrected chi connectivity index (χ4v) is 2.83. The minimum absolute atomic E-state index is 0.769. The van der Waals surface area contributed by atoms with Crippen molar-refractivity contribution >= 4 is 23.4 Å². The Morgan fingerprint density at radius 2 is 2.33 bits per heavy atom. The normalized spacial score (nSPS) is 16.1. The molecule has 0 spiro atoms. The maximum absolute atomic E-state index is 5.96. The van der Waals surface area contributed by atoms with Crippen molar-refractivity contribution in [2.75, 3.05) is 26.0 Å². The van der Waals surface area contributed by atoms with E-state index < -0.39 is 0 Å². The molecule has 0 aromatic heterocycles. The van der Waals surface area contributed by atoms with Crippen molar-refractivity contribution in [1.82, 2.24) is 5.32 Å². The Kier molecular flexibility index (Phi) is 3.78. The predicted octanol–water partition coefficient (Wildman–Crippen LogP) is 2.66. The van der Waals surface area contributed by atoms with Gasteiger partial charge < -0.3 is 10.1 Å². The molecule has 2 rings (SSSR count). The van der Waals surface area contributed by atoms with Crippen molar-refractivity contribution in [2.45, 2.75) is 4.90 Å². The first kappa shape index (κ1) is 11.1. The molecule has 1 aliphatic rings. The largest absolute Gasteiger partial charge is 0.496 e. The van der Waals surface area contributed by atoms with Crippen LogP contribution < -0.4 is 10.1 Å². The van der Waals surface area contributed by atoms with Crippen LogP contribution in [0.3, 0.4) is 0 Å². The van der Waals surface area contributed by atoms with Crippen molar-refractivity contribution in [3.63, 3.8) is 0 Å². The van der Waals surface area contributed by atoms with E-state index in [2.05, 4.69) is 5.32 Å². The first-order valence-electron chi connectivity index (χ1n) is 4.96. The topological polar surface area (TPSA) is 21.3 Å². The van der Waals surface area contributed by atoms with Crippen molar-refractivity contribution in [3.05, 3.63) is 23.2 Å². The lowest BCUT2D eigenvalue weighted by Crippen LogP contribution is -2.43. The van der Waals surface area contributed by atoms with E-state index in [-0.39, 0.29) is 0 Å². The van der Waals surface area contributed by atoms with Gasteiger partial charge in [-0.3, -0.25) is 0 Å². The summed E-state index contributed by atoms with van der Waals surface area (Å²) in [7, 11) is 1.69. The lowest BCUT2D eigenvalue weighted by atomic mass is 10.1. The third kappa shape index (κ3) is 2.80. The molecule has 0 aliphatic carbocycles. The third-order valence-electron chi connectivity index (χ3n) is 2.47. The average Bonchev–Trinajstić information content (AvgIpc) is 2.16. The molecule has 15 heavy (non-hydrogen) atoms.